The Bertz CT molecular complexity index is 532. The summed E-state index contributed by atoms with van der Waals surface area (Å²) >= 11 is 0. The molecule has 0 saturated carbocycles. The van der Waals surface area contributed by atoms with Gasteiger partial charge in [-0.15, -0.1) is 6.58 Å². The lowest BCUT2D eigenvalue weighted by Crippen LogP contribution is -2.51. The summed E-state index contributed by atoms with van der Waals surface area (Å²) in [6.07, 6.45) is 2.00. The van der Waals surface area contributed by atoms with Gasteiger partial charge in [-0.3, -0.25) is 4.79 Å². The smallest absolute Gasteiger partial charge is 0.354 e. The lowest BCUT2D eigenvalue weighted by Gasteiger charge is -2.33. The van der Waals surface area contributed by atoms with E-state index in [1.165, 1.54) is 10.4 Å². The monoisotopic (exact) mass is 346 g/mol. The van der Waals surface area contributed by atoms with Gasteiger partial charge >= 0.3 is 15.6 Å². The molecule has 1 rings (SSSR count). The Hall–Kier alpha value is -1.17. The molecular weight excluding hydrogens is 329 g/mol. The first kappa shape index (κ1) is 18.9. The Labute approximate surface area is 126 Å². The van der Waals surface area contributed by atoms with Crippen LogP contribution in [0.1, 0.15) is 20.3 Å². The molecule has 0 aromatic heterocycles. The fourth-order valence-electron chi connectivity index (χ4n) is 2.05. The summed E-state index contributed by atoms with van der Waals surface area (Å²) in [5.41, 5.74) is -5.00. The van der Waals surface area contributed by atoms with E-state index in [2.05, 4.69) is 10.9 Å². The zero-order valence-corrected chi connectivity index (χ0v) is 12.8. The van der Waals surface area contributed by atoms with Crippen LogP contribution in [0.2, 0.25) is 0 Å². The minimum absolute atomic E-state index is 0.243. The van der Waals surface area contributed by atoms with Gasteiger partial charge in [0.05, 0.1) is 12.6 Å². The molecule has 22 heavy (non-hydrogen) atoms. The third-order valence-corrected chi connectivity index (χ3v) is 3.86. The van der Waals surface area contributed by atoms with E-state index in [1.54, 1.807) is 19.9 Å². The summed E-state index contributed by atoms with van der Waals surface area (Å²) in [7, 11) is -5.80. The predicted octanol–water partition coefficient (Wildman–Crippen LogP) is 0.897. The third kappa shape index (κ3) is 4.18. The Morgan fingerprint density at radius 3 is 2.64 bits per heavy atom. The molecule has 0 spiro atoms. The van der Waals surface area contributed by atoms with Crippen LogP contribution in [-0.2, 0) is 23.9 Å². The van der Waals surface area contributed by atoms with Gasteiger partial charge in [0, 0.05) is 0 Å². The fraction of sp³-hybridized carbons (Fsp3) is 0.727. The van der Waals surface area contributed by atoms with E-state index >= 15 is 0 Å². The lowest BCUT2D eigenvalue weighted by atomic mass is 10.1. The topological polar surface area (TPSA) is 84.9 Å². The van der Waals surface area contributed by atoms with Gasteiger partial charge < -0.3 is 9.64 Å². The molecule has 128 valence electrons. The SMILES string of the molecule is C=CCC1COC(C)(C)N1C(=O)CNOS(=O)(=O)C(F)(F)F. The first-order chi connectivity index (χ1) is 9.92. The first-order valence-electron chi connectivity index (χ1n) is 6.22. The standard InChI is InChI=1S/C11H17F3N2O5S/c1-4-5-8-7-20-10(2,3)16(8)9(17)6-15-21-22(18,19)11(12,13)14/h4,8,15H,1,5-7H2,2-3H3. The Balaban J connectivity index is 2.66. The average molecular weight is 346 g/mol. The number of carbonyl (C=O) groups is 1. The van der Waals surface area contributed by atoms with E-state index in [1.807, 2.05) is 0 Å². The summed E-state index contributed by atoms with van der Waals surface area (Å²) in [6.45, 7) is 6.26. The van der Waals surface area contributed by atoms with Crippen molar-refractivity contribution >= 4 is 16.0 Å². The molecule has 0 bridgehead atoms. The number of nitrogens with zero attached hydrogens (tertiary/aromatic N) is 1. The van der Waals surface area contributed by atoms with Crippen molar-refractivity contribution in [3.63, 3.8) is 0 Å². The molecule has 0 aromatic carbocycles. The summed E-state index contributed by atoms with van der Waals surface area (Å²) in [6, 6.07) is -0.332. The third-order valence-electron chi connectivity index (χ3n) is 2.96. The number of ether oxygens (including phenoxy) is 1. The van der Waals surface area contributed by atoms with Crippen molar-refractivity contribution in [1.82, 2.24) is 10.4 Å². The van der Waals surface area contributed by atoms with Crippen molar-refractivity contribution in [2.24, 2.45) is 0 Å². The maximum absolute atomic E-state index is 12.1. The molecule has 1 aliphatic heterocycles. The van der Waals surface area contributed by atoms with Crippen LogP contribution in [0.4, 0.5) is 13.2 Å². The maximum Gasteiger partial charge on any atom is 0.524 e. The molecule has 1 heterocycles. The first-order valence-corrected chi connectivity index (χ1v) is 7.63. The second kappa shape index (κ2) is 6.52. The highest BCUT2D eigenvalue weighted by Crippen LogP contribution is 2.29. The second-order valence-electron chi connectivity index (χ2n) is 5.00. The zero-order valence-electron chi connectivity index (χ0n) is 12.0. The molecule has 7 nitrogen and oxygen atoms in total. The van der Waals surface area contributed by atoms with Crippen molar-refractivity contribution in [3.05, 3.63) is 12.7 Å². The number of hydrogen-bond donors (Lipinski definition) is 1. The second-order valence-corrected chi connectivity index (χ2v) is 6.54. The van der Waals surface area contributed by atoms with Crippen molar-refractivity contribution < 1.29 is 35.4 Å². The Morgan fingerprint density at radius 1 is 1.55 bits per heavy atom. The molecule has 0 radical (unpaired) electrons. The van der Waals surface area contributed by atoms with Gasteiger partial charge in [0.1, 0.15) is 12.3 Å². The van der Waals surface area contributed by atoms with Gasteiger partial charge in [-0.25, -0.2) is 0 Å². The number of hydrogen-bond acceptors (Lipinski definition) is 6. The Morgan fingerprint density at radius 2 is 2.14 bits per heavy atom. The van der Waals surface area contributed by atoms with Gasteiger partial charge in [0.15, 0.2) is 0 Å². The highest BCUT2D eigenvalue weighted by Gasteiger charge is 2.48. The number of rotatable bonds is 6. The summed E-state index contributed by atoms with van der Waals surface area (Å²) < 4.78 is 66.6. The quantitative estimate of drug-likeness (QED) is 0.437. The number of nitrogens with one attached hydrogen (secondary N) is 1. The van der Waals surface area contributed by atoms with Crippen LogP contribution in [0.15, 0.2) is 12.7 Å². The molecule has 1 aliphatic rings. The van der Waals surface area contributed by atoms with Gasteiger partial charge in [-0.2, -0.15) is 31.4 Å². The predicted molar refractivity (Wildman–Crippen MR) is 69.5 cm³/mol. The van der Waals surface area contributed by atoms with Crippen LogP contribution in [0.3, 0.4) is 0 Å². The number of halogens is 3. The minimum atomic E-state index is -5.80. The molecule has 11 heteroatoms. The van der Waals surface area contributed by atoms with Gasteiger partial charge in [-0.1, -0.05) is 6.08 Å². The molecule has 1 fully saturated rings. The summed E-state index contributed by atoms with van der Waals surface area (Å²) in [5.74, 6) is -0.660. The summed E-state index contributed by atoms with van der Waals surface area (Å²) in [5, 5.41) is 0. The molecule has 1 N–H and O–H groups in total. The van der Waals surface area contributed by atoms with Crippen molar-refractivity contribution in [2.75, 3.05) is 13.2 Å². The van der Waals surface area contributed by atoms with Crippen LogP contribution in [0, 0.1) is 0 Å². The largest absolute Gasteiger partial charge is 0.524 e. The lowest BCUT2D eigenvalue weighted by molar-refractivity contribution is -0.146. The van der Waals surface area contributed by atoms with Crippen LogP contribution in [0.5, 0.6) is 0 Å². The molecule has 1 atom stereocenters. The van der Waals surface area contributed by atoms with E-state index in [-0.39, 0.29) is 12.6 Å². The van der Waals surface area contributed by atoms with Crippen LogP contribution < -0.4 is 5.48 Å². The maximum atomic E-state index is 12.1. The van der Waals surface area contributed by atoms with Gasteiger partial charge in [0.2, 0.25) is 5.91 Å². The highest BCUT2D eigenvalue weighted by molar-refractivity contribution is 7.87. The van der Waals surface area contributed by atoms with Gasteiger partial charge in [-0.05, 0) is 20.3 Å². The summed E-state index contributed by atoms with van der Waals surface area (Å²) in [4.78, 5) is 13.4. The van der Waals surface area contributed by atoms with E-state index in [9.17, 15) is 26.4 Å². The van der Waals surface area contributed by atoms with E-state index in [0.29, 0.717) is 6.42 Å². The van der Waals surface area contributed by atoms with Crippen molar-refractivity contribution in [1.29, 1.82) is 0 Å². The van der Waals surface area contributed by atoms with Gasteiger partial charge in [0.25, 0.3) is 0 Å². The number of alkyl halides is 3. The number of carbonyl (C=O) groups excluding carboxylic acids is 1. The normalized spacial score (nSPS) is 21.9. The van der Waals surface area contributed by atoms with Crippen molar-refractivity contribution in [3.8, 4) is 0 Å². The number of amides is 1. The van der Waals surface area contributed by atoms with Crippen molar-refractivity contribution in [2.45, 2.75) is 37.5 Å². The molecule has 0 aromatic rings. The molecular formula is C11H17F3N2O5S. The van der Waals surface area contributed by atoms with E-state index in [0.717, 1.165) is 0 Å². The van der Waals surface area contributed by atoms with E-state index < -0.39 is 33.8 Å². The molecule has 1 unspecified atom stereocenters. The molecule has 0 aliphatic carbocycles. The van der Waals surface area contributed by atoms with Crippen LogP contribution in [0.25, 0.3) is 0 Å². The Kier molecular flexibility index (Phi) is 5.60. The number of hydroxylamine groups is 1. The fourth-order valence-corrected chi connectivity index (χ4v) is 2.36. The van der Waals surface area contributed by atoms with Crippen LogP contribution >= 0.6 is 0 Å². The highest BCUT2D eigenvalue weighted by atomic mass is 32.2. The average Bonchev–Trinajstić information content (AvgIpc) is 2.63. The van der Waals surface area contributed by atoms with Crippen LogP contribution in [-0.4, -0.2) is 49.7 Å². The molecule has 1 amide bonds. The zero-order chi connectivity index (χ0) is 17.2. The van der Waals surface area contributed by atoms with E-state index in [4.69, 9.17) is 4.74 Å². The minimum Gasteiger partial charge on any atom is -0.354 e. The molecule has 1 saturated heterocycles.